The summed E-state index contributed by atoms with van der Waals surface area (Å²) in [6.45, 7) is 2.18. The fraction of sp³-hybridized carbons (Fsp3) is 0.286. The first-order chi connectivity index (χ1) is 7.25. The summed E-state index contributed by atoms with van der Waals surface area (Å²) >= 11 is 3.50. The van der Waals surface area contributed by atoms with E-state index in [0.717, 1.165) is 6.42 Å². The maximum Gasteiger partial charge on any atom is 0.0178 e. The van der Waals surface area contributed by atoms with Gasteiger partial charge in [-0.25, -0.2) is 0 Å². The summed E-state index contributed by atoms with van der Waals surface area (Å²) in [6.07, 6.45) is 11.2. The molecule has 1 aliphatic carbocycles. The van der Waals surface area contributed by atoms with Crippen LogP contribution in [0.25, 0.3) is 0 Å². The minimum absolute atomic E-state index is 0.676. The smallest absolute Gasteiger partial charge is 0.0178 e. The molecule has 0 amide bonds. The van der Waals surface area contributed by atoms with Crippen molar-refractivity contribution >= 4 is 15.9 Å². The fourth-order valence-corrected chi connectivity index (χ4v) is 2.43. The van der Waals surface area contributed by atoms with Crippen molar-refractivity contribution in [2.45, 2.75) is 19.8 Å². The second-order valence-electron chi connectivity index (χ2n) is 4.08. The zero-order valence-electron chi connectivity index (χ0n) is 8.91. The third-order valence-corrected chi connectivity index (χ3v) is 3.35. The molecule has 0 saturated carbocycles. The van der Waals surface area contributed by atoms with Gasteiger partial charge in [-0.2, -0.15) is 0 Å². The topological polar surface area (TPSA) is 0 Å². The van der Waals surface area contributed by atoms with Crippen molar-refractivity contribution in [2.75, 3.05) is 0 Å². The first-order valence-corrected chi connectivity index (χ1v) is 6.13. The predicted octanol–water partition coefficient (Wildman–Crippen LogP) is 4.43. The number of allylic oxidation sites excluding steroid dienone is 4. The molecule has 0 nitrogen and oxygen atoms in total. The van der Waals surface area contributed by atoms with E-state index in [1.54, 1.807) is 0 Å². The van der Waals surface area contributed by atoms with Gasteiger partial charge in [-0.3, -0.25) is 0 Å². The average Bonchev–Trinajstić information content (AvgIpc) is 2.24. The standard InChI is InChI=1S/C14H15Br/c1-11-9-14(15)8-7-13(11)10-12-5-3-2-4-6-12/h2-5,7-9,12H,6,10H2,1H3. The van der Waals surface area contributed by atoms with E-state index < -0.39 is 0 Å². The Bertz CT molecular complexity index is 402. The lowest BCUT2D eigenvalue weighted by Gasteiger charge is -2.14. The third kappa shape index (κ3) is 2.82. The number of rotatable bonds is 2. The lowest BCUT2D eigenvalue weighted by Crippen LogP contribution is -2.03. The lowest BCUT2D eigenvalue weighted by atomic mass is 9.91. The van der Waals surface area contributed by atoms with E-state index in [-0.39, 0.29) is 0 Å². The molecule has 1 aliphatic rings. The number of hydrogen-bond acceptors (Lipinski definition) is 0. The van der Waals surface area contributed by atoms with E-state index in [1.165, 1.54) is 22.0 Å². The van der Waals surface area contributed by atoms with Gasteiger partial charge in [-0.05, 0) is 48.9 Å². The molecule has 1 heteroatoms. The first-order valence-electron chi connectivity index (χ1n) is 5.34. The Morgan fingerprint density at radius 3 is 2.87 bits per heavy atom. The van der Waals surface area contributed by atoms with Gasteiger partial charge in [0.25, 0.3) is 0 Å². The van der Waals surface area contributed by atoms with E-state index in [2.05, 4.69) is 65.4 Å². The molecule has 1 aromatic carbocycles. The maximum atomic E-state index is 3.50. The van der Waals surface area contributed by atoms with Crippen LogP contribution < -0.4 is 0 Å². The Kier molecular flexibility index (Phi) is 3.42. The van der Waals surface area contributed by atoms with E-state index in [1.807, 2.05) is 0 Å². The van der Waals surface area contributed by atoms with Crippen molar-refractivity contribution in [1.82, 2.24) is 0 Å². The Morgan fingerprint density at radius 1 is 1.33 bits per heavy atom. The highest BCUT2D eigenvalue weighted by Crippen LogP contribution is 2.22. The Labute approximate surface area is 99.8 Å². The van der Waals surface area contributed by atoms with Crippen LogP contribution in [0.15, 0.2) is 47.0 Å². The van der Waals surface area contributed by atoms with Crippen molar-refractivity contribution in [3.63, 3.8) is 0 Å². The van der Waals surface area contributed by atoms with Crippen molar-refractivity contribution in [2.24, 2.45) is 5.92 Å². The van der Waals surface area contributed by atoms with Crippen molar-refractivity contribution in [1.29, 1.82) is 0 Å². The van der Waals surface area contributed by atoms with Crippen LogP contribution in [-0.4, -0.2) is 0 Å². The van der Waals surface area contributed by atoms with E-state index >= 15 is 0 Å². The van der Waals surface area contributed by atoms with Gasteiger partial charge in [0.05, 0.1) is 0 Å². The average molecular weight is 263 g/mol. The quantitative estimate of drug-likeness (QED) is 0.740. The summed E-state index contributed by atoms with van der Waals surface area (Å²) in [4.78, 5) is 0. The Morgan fingerprint density at radius 2 is 2.20 bits per heavy atom. The highest BCUT2D eigenvalue weighted by molar-refractivity contribution is 9.10. The molecule has 1 unspecified atom stereocenters. The van der Waals surface area contributed by atoms with Crippen molar-refractivity contribution in [3.8, 4) is 0 Å². The molecule has 15 heavy (non-hydrogen) atoms. The van der Waals surface area contributed by atoms with E-state index in [9.17, 15) is 0 Å². The highest BCUT2D eigenvalue weighted by atomic mass is 79.9. The van der Waals surface area contributed by atoms with Gasteiger partial charge in [0.2, 0.25) is 0 Å². The van der Waals surface area contributed by atoms with Gasteiger partial charge < -0.3 is 0 Å². The van der Waals surface area contributed by atoms with Crippen molar-refractivity contribution < 1.29 is 0 Å². The largest absolute Gasteiger partial charge is 0.0840 e. The molecule has 1 atom stereocenters. The molecular formula is C14H15Br. The monoisotopic (exact) mass is 262 g/mol. The summed E-state index contributed by atoms with van der Waals surface area (Å²) in [5, 5.41) is 0. The van der Waals surface area contributed by atoms with Crippen LogP contribution in [0, 0.1) is 12.8 Å². The number of aryl methyl sites for hydroxylation is 1. The van der Waals surface area contributed by atoms with Gasteiger partial charge in [-0.1, -0.05) is 46.3 Å². The summed E-state index contributed by atoms with van der Waals surface area (Å²) in [5.41, 5.74) is 2.84. The van der Waals surface area contributed by atoms with Gasteiger partial charge in [0, 0.05) is 4.47 Å². The van der Waals surface area contributed by atoms with Crippen LogP contribution >= 0.6 is 15.9 Å². The van der Waals surface area contributed by atoms with Gasteiger partial charge in [0.1, 0.15) is 0 Å². The summed E-state index contributed by atoms with van der Waals surface area (Å²) in [7, 11) is 0. The molecule has 2 rings (SSSR count). The van der Waals surface area contributed by atoms with Crippen LogP contribution in [0.4, 0.5) is 0 Å². The van der Waals surface area contributed by atoms with Gasteiger partial charge in [-0.15, -0.1) is 0 Å². The molecule has 0 heterocycles. The second kappa shape index (κ2) is 4.80. The third-order valence-electron chi connectivity index (χ3n) is 2.86. The minimum Gasteiger partial charge on any atom is -0.0840 e. The number of halogens is 1. The van der Waals surface area contributed by atoms with Crippen LogP contribution in [0.3, 0.4) is 0 Å². The Hall–Kier alpha value is -0.820. The molecule has 0 radical (unpaired) electrons. The normalized spacial score (nSPS) is 19.5. The fourth-order valence-electron chi connectivity index (χ4n) is 1.95. The molecule has 0 spiro atoms. The molecule has 0 aromatic heterocycles. The highest BCUT2D eigenvalue weighted by Gasteiger charge is 2.08. The molecule has 0 aliphatic heterocycles. The summed E-state index contributed by atoms with van der Waals surface area (Å²) in [5.74, 6) is 0.676. The molecular weight excluding hydrogens is 248 g/mol. The first kappa shape index (κ1) is 10.7. The van der Waals surface area contributed by atoms with Crippen LogP contribution in [0.1, 0.15) is 17.5 Å². The molecule has 1 aromatic rings. The van der Waals surface area contributed by atoms with E-state index in [4.69, 9.17) is 0 Å². The maximum absolute atomic E-state index is 3.50. The zero-order chi connectivity index (χ0) is 10.7. The zero-order valence-corrected chi connectivity index (χ0v) is 10.5. The molecule has 0 N–H and O–H groups in total. The molecule has 78 valence electrons. The SMILES string of the molecule is Cc1cc(Br)ccc1CC1C=CC=CC1. The molecule has 0 bridgehead atoms. The van der Waals surface area contributed by atoms with E-state index in [0.29, 0.717) is 5.92 Å². The van der Waals surface area contributed by atoms with Crippen LogP contribution in [0.5, 0.6) is 0 Å². The second-order valence-corrected chi connectivity index (χ2v) is 5.00. The molecule has 0 fully saturated rings. The number of hydrogen-bond donors (Lipinski definition) is 0. The Balaban J connectivity index is 2.10. The van der Waals surface area contributed by atoms with Gasteiger partial charge in [0.15, 0.2) is 0 Å². The van der Waals surface area contributed by atoms with Crippen molar-refractivity contribution in [3.05, 3.63) is 58.1 Å². The van der Waals surface area contributed by atoms with Crippen LogP contribution in [-0.2, 0) is 6.42 Å². The predicted molar refractivity (Wildman–Crippen MR) is 69.0 cm³/mol. The van der Waals surface area contributed by atoms with Gasteiger partial charge >= 0.3 is 0 Å². The number of benzene rings is 1. The summed E-state index contributed by atoms with van der Waals surface area (Å²) in [6, 6.07) is 6.55. The lowest BCUT2D eigenvalue weighted by molar-refractivity contribution is 0.651. The minimum atomic E-state index is 0.676. The summed E-state index contributed by atoms with van der Waals surface area (Å²) < 4.78 is 1.17. The van der Waals surface area contributed by atoms with Crippen LogP contribution in [0.2, 0.25) is 0 Å². The molecule has 0 saturated heterocycles.